The maximum Gasteiger partial charge on any atom is 0.136 e. The lowest BCUT2D eigenvalue weighted by Gasteiger charge is -2.28. The number of anilines is 3. The molecule has 9 aromatic carbocycles. The van der Waals surface area contributed by atoms with E-state index in [9.17, 15) is 0 Å². The van der Waals surface area contributed by atoms with Gasteiger partial charge in [-0.05, 0) is 127 Å². The van der Waals surface area contributed by atoms with Gasteiger partial charge in [-0.15, -0.1) is 0 Å². The molecule has 2 heteroatoms. The second-order valence-corrected chi connectivity index (χ2v) is 15.8. The molecule has 0 saturated carbocycles. The highest BCUT2D eigenvalue weighted by molar-refractivity contribution is 6.06. The van der Waals surface area contributed by atoms with Crippen molar-refractivity contribution in [2.45, 2.75) is 19.3 Å². The van der Waals surface area contributed by atoms with Crippen LogP contribution in [0.3, 0.4) is 0 Å². The molecule has 270 valence electrons. The first-order chi connectivity index (χ1) is 28.0. The lowest BCUT2D eigenvalue weighted by molar-refractivity contribution is 0.660. The highest BCUT2D eigenvalue weighted by Gasteiger charge is 2.36. The molecule has 57 heavy (non-hydrogen) atoms. The Morgan fingerprint density at radius 2 is 0.860 bits per heavy atom. The van der Waals surface area contributed by atoms with Gasteiger partial charge in [-0.2, -0.15) is 0 Å². The van der Waals surface area contributed by atoms with Crippen LogP contribution in [0.4, 0.5) is 17.1 Å². The average molecular weight is 730 g/mol. The van der Waals surface area contributed by atoms with E-state index in [1.54, 1.807) is 0 Å². The van der Waals surface area contributed by atoms with Gasteiger partial charge in [0.05, 0.1) is 0 Å². The number of hydrogen-bond donors (Lipinski definition) is 0. The maximum atomic E-state index is 6.19. The van der Waals surface area contributed by atoms with Crippen LogP contribution >= 0.6 is 0 Å². The second kappa shape index (κ2) is 13.0. The van der Waals surface area contributed by atoms with Gasteiger partial charge in [-0.25, -0.2) is 0 Å². The van der Waals surface area contributed by atoms with Crippen LogP contribution in [0.1, 0.15) is 25.0 Å². The summed E-state index contributed by atoms with van der Waals surface area (Å²) in [6.45, 7) is 4.74. The van der Waals surface area contributed by atoms with Crippen molar-refractivity contribution in [2.75, 3.05) is 4.90 Å². The molecule has 0 spiro atoms. The summed E-state index contributed by atoms with van der Waals surface area (Å²) in [6, 6.07) is 72.7. The van der Waals surface area contributed by atoms with Crippen LogP contribution in [-0.2, 0) is 5.41 Å². The third kappa shape index (κ3) is 5.56. The van der Waals surface area contributed by atoms with E-state index in [1.807, 2.05) is 12.1 Å². The normalized spacial score (nSPS) is 12.9. The van der Waals surface area contributed by atoms with E-state index in [2.05, 4.69) is 207 Å². The smallest absolute Gasteiger partial charge is 0.136 e. The molecule has 0 N–H and O–H groups in total. The van der Waals surface area contributed by atoms with Crippen molar-refractivity contribution in [2.24, 2.45) is 0 Å². The minimum absolute atomic E-state index is 0.158. The van der Waals surface area contributed by atoms with Crippen LogP contribution in [-0.4, -0.2) is 0 Å². The van der Waals surface area contributed by atoms with Crippen LogP contribution in [0.15, 0.2) is 205 Å². The molecular weight excluding hydrogens is 691 g/mol. The Bertz CT molecular complexity index is 3130. The van der Waals surface area contributed by atoms with E-state index in [0.717, 1.165) is 50.1 Å². The quantitative estimate of drug-likeness (QED) is 0.169. The van der Waals surface area contributed by atoms with Crippen molar-refractivity contribution in [3.63, 3.8) is 0 Å². The highest BCUT2D eigenvalue weighted by Crippen LogP contribution is 2.52. The molecule has 10 aromatic rings. The van der Waals surface area contributed by atoms with Gasteiger partial charge in [0.2, 0.25) is 0 Å². The minimum atomic E-state index is -0.158. The number of para-hydroxylation sites is 1. The fraction of sp³-hybridized carbons (Fsp3) is 0.0545. The number of benzene rings is 9. The number of nitrogens with zero attached hydrogens (tertiary/aromatic N) is 1. The van der Waals surface area contributed by atoms with Gasteiger partial charge in [-0.1, -0.05) is 153 Å². The summed E-state index contributed by atoms with van der Waals surface area (Å²) < 4.78 is 6.19. The monoisotopic (exact) mass is 729 g/mol. The van der Waals surface area contributed by atoms with Crippen molar-refractivity contribution < 1.29 is 4.42 Å². The zero-order chi connectivity index (χ0) is 38.1. The molecule has 0 saturated heterocycles. The van der Waals surface area contributed by atoms with Crippen LogP contribution < -0.4 is 4.90 Å². The molecule has 1 aliphatic rings. The van der Waals surface area contributed by atoms with Gasteiger partial charge in [0.1, 0.15) is 11.2 Å². The Hall–Kier alpha value is -7.16. The van der Waals surface area contributed by atoms with Gasteiger partial charge in [0, 0.05) is 33.2 Å². The molecule has 0 bridgehead atoms. The Balaban J connectivity index is 0.945. The summed E-state index contributed by atoms with van der Waals surface area (Å²) >= 11 is 0. The fourth-order valence-corrected chi connectivity index (χ4v) is 9.00. The van der Waals surface area contributed by atoms with Crippen LogP contribution in [0.5, 0.6) is 0 Å². The number of fused-ring (bicyclic) bond motifs is 7. The van der Waals surface area contributed by atoms with Gasteiger partial charge < -0.3 is 9.32 Å². The predicted octanol–water partition coefficient (Wildman–Crippen LogP) is 15.5. The van der Waals surface area contributed by atoms with Crippen molar-refractivity contribution >= 4 is 49.8 Å². The summed E-state index contributed by atoms with van der Waals surface area (Å²) in [5.41, 5.74) is 17.6. The lowest BCUT2D eigenvalue weighted by atomic mass is 9.81. The van der Waals surface area contributed by atoms with Gasteiger partial charge >= 0.3 is 0 Å². The van der Waals surface area contributed by atoms with Gasteiger partial charge in [0.25, 0.3) is 0 Å². The van der Waals surface area contributed by atoms with Crippen LogP contribution in [0.2, 0.25) is 0 Å². The lowest BCUT2D eigenvalue weighted by Crippen LogP contribution is -2.16. The predicted molar refractivity (Wildman–Crippen MR) is 240 cm³/mol. The van der Waals surface area contributed by atoms with E-state index in [-0.39, 0.29) is 5.41 Å². The SMILES string of the molecule is CC1(C)c2cc(-c3ccccc3)ccc2-c2ccc(N(c3ccc(-c4ccc(-c5ccc6c(c5)oc5ccccc56)cc4)cc3)c3ccc4ccccc4c3)cc21. The maximum absolute atomic E-state index is 6.19. The van der Waals surface area contributed by atoms with E-state index in [1.165, 1.54) is 55.3 Å². The number of rotatable bonds is 6. The first kappa shape index (κ1) is 33.2. The first-order valence-electron chi connectivity index (χ1n) is 19.7. The summed E-state index contributed by atoms with van der Waals surface area (Å²) in [5, 5.41) is 4.76. The highest BCUT2D eigenvalue weighted by atomic mass is 16.3. The third-order valence-corrected chi connectivity index (χ3v) is 12.1. The molecule has 11 rings (SSSR count). The van der Waals surface area contributed by atoms with E-state index in [4.69, 9.17) is 4.42 Å². The molecule has 2 nitrogen and oxygen atoms in total. The standard InChI is InChI=1S/C55H39NO/c1-55(2)51-33-42(36-10-4-3-5-11-36)23-29-47(51)48-31-28-46(35-52(48)55)56(45-27-22-37-12-6-7-13-41(37)32-45)44-25-20-39(21-26-44)38-16-18-40(19-17-38)43-24-30-50-49-14-8-9-15-53(49)57-54(50)34-43/h3-35H,1-2H3. The Kier molecular flexibility index (Phi) is 7.55. The van der Waals surface area contributed by atoms with Gasteiger partial charge in [-0.3, -0.25) is 0 Å². The molecule has 1 heterocycles. The topological polar surface area (TPSA) is 16.4 Å². The van der Waals surface area contributed by atoms with E-state index in [0.29, 0.717) is 0 Å². The molecule has 0 radical (unpaired) electrons. The number of furan rings is 1. The minimum Gasteiger partial charge on any atom is -0.456 e. The molecule has 0 fully saturated rings. The second-order valence-electron chi connectivity index (χ2n) is 15.8. The van der Waals surface area contributed by atoms with Crippen molar-refractivity contribution in [1.82, 2.24) is 0 Å². The summed E-state index contributed by atoms with van der Waals surface area (Å²) in [6.07, 6.45) is 0. The molecular formula is C55H39NO. The molecule has 1 aromatic heterocycles. The summed E-state index contributed by atoms with van der Waals surface area (Å²) in [4.78, 5) is 2.41. The molecule has 0 aliphatic heterocycles. The zero-order valence-corrected chi connectivity index (χ0v) is 31.9. The Labute approximate surface area is 332 Å². The molecule has 1 aliphatic carbocycles. The van der Waals surface area contributed by atoms with E-state index < -0.39 is 0 Å². The molecule has 0 amide bonds. The van der Waals surface area contributed by atoms with Crippen molar-refractivity contribution in [1.29, 1.82) is 0 Å². The van der Waals surface area contributed by atoms with E-state index >= 15 is 0 Å². The summed E-state index contributed by atoms with van der Waals surface area (Å²) in [7, 11) is 0. The fourth-order valence-electron chi connectivity index (χ4n) is 9.00. The van der Waals surface area contributed by atoms with Gasteiger partial charge in [0.15, 0.2) is 0 Å². The average Bonchev–Trinajstić information content (AvgIpc) is 3.75. The molecule has 0 unspecified atom stereocenters. The Morgan fingerprint density at radius 3 is 1.65 bits per heavy atom. The molecule has 0 atom stereocenters. The number of hydrogen-bond acceptors (Lipinski definition) is 2. The third-order valence-electron chi connectivity index (χ3n) is 12.1. The largest absolute Gasteiger partial charge is 0.456 e. The van der Waals surface area contributed by atoms with Crippen LogP contribution in [0.25, 0.3) is 77.2 Å². The Morgan fingerprint density at radius 1 is 0.351 bits per heavy atom. The summed E-state index contributed by atoms with van der Waals surface area (Å²) in [5.74, 6) is 0. The van der Waals surface area contributed by atoms with Crippen molar-refractivity contribution in [3.8, 4) is 44.5 Å². The van der Waals surface area contributed by atoms with Crippen LogP contribution in [0, 0.1) is 0 Å². The van der Waals surface area contributed by atoms with Crippen molar-refractivity contribution in [3.05, 3.63) is 211 Å². The zero-order valence-electron chi connectivity index (χ0n) is 31.9. The first-order valence-corrected chi connectivity index (χ1v) is 19.7.